The second-order valence-corrected chi connectivity index (χ2v) is 6.33. The fourth-order valence-corrected chi connectivity index (χ4v) is 3.36. The van der Waals surface area contributed by atoms with E-state index in [0.29, 0.717) is 13.1 Å². The Kier molecular flexibility index (Phi) is 3.95. The number of hydrogen-bond acceptors (Lipinski definition) is 5. The third-order valence-electron chi connectivity index (χ3n) is 4.69. The number of non-ortho nitro benzene ring substituents is 1. The zero-order valence-corrected chi connectivity index (χ0v) is 13.0. The first-order valence-electron chi connectivity index (χ1n) is 7.86. The summed E-state index contributed by atoms with van der Waals surface area (Å²) in [4.78, 5) is 24.3. The van der Waals surface area contributed by atoms with E-state index >= 15 is 0 Å². The van der Waals surface area contributed by atoms with E-state index in [1.54, 1.807) is 6.92 Å². The maximum absolute atomic E-state index is 14.6. The third-order valence-corrected chi connectivity index (χ3v) is 4.69. The van der Waals surface area contributed by atoms with Gasteiger partial charge >= 0.3 is 5.97 Å². The lowest BCUT2D eigenvalue weighted by Crippen LogP contribution is -2.38. The summed E-state index contributed by atoms with van der Waals surface area (Å²) in [6.45, 7) is 3.11. The van der Waals surface area contributed by atoms with E-state index in [0.717, 1.165) is 37.8 Å². The Balaban J connectivity index is 2.03. The highest BCUT2D eigenvalue weighted by Gasteiger charge is 2.46. The Bertz CT molecular complexity index is 658. The summed E-state index contributed by atoms with van der Waals surface area (Å²) >= 11 is 0. The molecule has 1 heterocycles. The van der Waals surface area contributed by atoms with E-state index in [1.165, 1.54) is 0 Å². The van der Waals surface area contributed by atoms with E-state index in [9.17, 15) is 19.3 Å². The molecule has 0 bridgehead atoms. The van der Waals surface area contributed by atoms with Gasteiger partial charge in [0.2, 0.25) is 0 Å². The van der Waals surface area contributed by atoms with Gasteiger partial charge in [-0.15, -0.1) is 0 Å². The second kappa shape index (κ2) is 5.79. The highest BCUT2D eigenvalue weighted by Crippen LogP contribution is 2.53. The summed E-state index contributed by atoms with van der Waals surface area (Å²) in [5.74, 6) is -1.46. The lowest BCUT2D eigenvalue weighted by atomic mass is 9.94. The number of nitro benzene ring substituents is 1. The summed E-state index contributed by atoms with van der Waals surface area (Å²) < 4.78 is 19.5. The van der Waals surface area contributed by atoms with E-state index < -0.39 is 22.4 Å². The first-order chi connectivity index (χ1) is 11.0. The Morgan fingerprint density at radius 2 is 2.17 bits per heavy atom. The number of carbonyl (C=O) groups excluding carboxylic acids is 1. The Morgan fingerprint density at radius 3 is 2.78 bits per heavy atom. The lowest BCUT2D eigenvalue weighted by Gasteiger charge is -2.35. The Morgan fingerprint density at radius 1 is 1.43 bits per heavy atom. The van der Waals surface area contributed by atoms with Gasteiger partial charge in [-0.1, -0.05) is 0 Å². The molecule has 0 unspecified atom stereocenters. The van der Waals surface area contributed by atoms with Crippen LogP contribution in [-0.2, 0) is 4.74 Å². The minimum absolute atomic E-state index is 0.0590. The molecular formula is C16H19FN2O4. The standard InChI is InChI=1S/C16H19FN2O4/c1-2-23-15(20)12-8-11(19(21)22)9-13(17)14(12)18-7-3-4-16(10-18)5-6-16/h8-9H,2-7,10H2,1H3. The molecule has 6 nitrogen and oxygen atoms in total. The maximum atomic E-state index is 14.6. The van der Waals surface area contributed by atoms with Crippen molar-refractivity contribution in [1.29, 1.82) is 0 Å². The number of rotatable bonds is 4. The van der Waals surface area contributed by atoms with Gasteiger partial charge in [-0.05, 0) is 38.0 Å². The first kappa shape index (κ1) is 15.7. The van der Waals surface area contributed by atoms with Crippen LogP contribution >= 0.6 is 0 Å². The minimum Gasteiger partial charge on any atom is -0.462 e. The van der Waals surface area contributed by atoms with Gasteiger partial charge in [-0.2, -0.15) is 0 Å². The Hall–Kier alpha value is -2.18. The molecule has 1 saturated carbocycles. The van der Waals surface area contributed by atoms with Gasteiger partial charge < -0.3 is 9.64 Å². The molecule has 2 aliphatic rings. The van der Waals surface area contributed by atoms with Crippen molar-refractivity contribution < 1.29 is 18.8 Å². The molecule has 23 heavy (non-hydrogen) atoms. The average molecular weight is 322 g/mol. The van der Waals surface area contributed by atoms with E-state index in [-0.39, 0.29) is 23.3 Å². The highest BCUT2D eigenvalue weighted by molar-refractivity contribution is 5.97. The third kappa shape index (κ3) is 3.00. The topological polar surface area (TPSA) is 72.7 Å². The lowest BCUT2D eigenvalue weighted by molar-refractivity contribution is -0.385. The smallest absolute Gasteiger partial charge is 0.340 e. The molecule has 0 atom stereocenters. The quantitative estimate of drug-likeness (QED) is 0.483. The molecule has 124 valence electrons. The molecule has 0 amide bonds. The van der Waals surface area contributed by atoms with Crippen LogP contribution in [0.4, 0.5) is 15.8 Å². The van der Waals surface area contributed by atoms with Gasteiger partial charge in [0.1, 0.15) is 0 Å². The largest absolute Gasteiger partial charge is 0.462 e. The molecule has 1 aromatic carbocycles. The van der Waals surface area contributed by atoms with Crippen molar-refractivity contribution in [2.24, 2.45) is 5.41 Å². The van der Waals surface area contributed by atoms with Crippen LogP contribution in [0.25, 0.3) is 0 Å². The van der Waals surface area contributed by atoms with Gasteiger partial charge in [-0.25, -0.2) is 9.18 Å². The number of ether oxygens (including phenoxy) is 1. The molecule has 7 heteroatoms. The van der Waals surface area contributed by atoms with Gasteiger partial charge in [0.15, 0.2) is 5.82 Å². The molecule has 1 saturated heterocycles. The molecule has 1 aliphatic carbocycles. The number of halogens is 1. The second-order valence-electron chi connectivity index (χ2n) is 6.33. The van der Waals surface area contributed by atoms with Crippen LogP contribution < -0.4 is 4.90 Å². The SMILES string of the molecule is CCOC(=O)c1cc([N+](=O)[O-])cc(F)c1N1CCCC2(CC2)C1. The Labute approximate surface area is 133 Å². The van der Waals surface area contributed by atoms with Crippen molar-refractivity contribution >= 4 is 17.3 Å². The summed E-state index contributed by atoms with van der Waals surface area (Å²) in [6, 6.07) is 2.00. The van der Waals surface area contributed by atoms with E-state index in [2.05, 4.69) is 0 Å². The van der Waals surface area contributed by atoms with Crippen LogP contribution in [0.15, 0.2) is 12.1 Å². The number of nitro groups is 1. The van der Waals surface area contributed by atoms with Crippen LogP contribution in [0.5, 0.6) is 0 Å². The summed E-state index contributed by atoms with van der Waals surface area (Å²) in [5, 5.41) is 11.0. The molecule has 0 aromatic heterocycles. The summed E-state index contributed by atoms with van der Waals surface area (Å²) in [6.07, 6.45) is 4.28. The molecule has 0 N–H and O–H groups in total. The van der Waals surface area contributed by atoms with Crippen molar-refractivity contribution in [1.82, 2.24) is 0 Å². The number of hydrogen-bond donors (Lipinski definition) is 0. The molecule has 2 fully saturated rings. The zero-order chi connectivity index (χ0) is 16.6. The van der Waals surface area contributed by atoms with Crippen molar-refractivity contribution in [3.05, 3.63) is 33.6 Å². The van der Waals surface area contributed by atoms with Crippen molar-refractivity contribution in [2.45, 2.75) is 32.6 Å². The fourth-order valence-electron chi connectivity index (χ4n) is 3.36. The number of anilines is 1. The van der Waals surface area contributed by atoms with E-state index in [4.69, 9.17) is 4.74 Å². The maximum Gasteiger partial charge on any atom is 0.340 e. The number of carbonyl (C=O) groups is 1. The van der Waals surface area contributed by atoms with Crippen LogP contribution in [0.3, 0.4) is 0 Å². The number of benzene rings is 1. The van der Waals surface area contributed by atoms with Crippen LogP contribution in [0.2, 0.25) is 0 Å². The molecule has 1 aliphatic heterocycles. The predicted octanol–water partition coefficient (Wildman–Crippen LogP) is 3.29. The van der Waals surface area contributed by atoms with Crippen molar-refractivity contribution in [2.75, 3.05) is 24.6 Å². The first-order valence-corrected chi connectivity index (χ1v) is 7.86. The number of esters is 1. The minimum atomic E-state index is -0.736. The van der Waals surface area contributed by atoms with E-state index in [1.807, 2.05) is 4.90 Å². The predicted molar refractivity (Wildman–Crippen MR) is 82.1 cm³/mol. The van der Waals surface area contributed by atoms with Gasteiger partial charge in [0.25, 0.3) is 5.69 Å². The molecule has 1 spiro atoms. The normalized spacial score (nSPS) is 18.8. The summed E-state index contributed by atoms with van der Waals surface area (Å²) in [7, 11) is 0. The van der Waals surface area contributed by atoms with Gasteiger partial charge in [0.05, 0.1) is 28.8 Å². The molecular weight excluding hydrogens is 303 g/mol. The van der Waals surface area contributed by atoms with Gasteiger partial charge in [-0.3, -0.25) is 10.1 Å². The summed E-state index contributed by atoms with van der Waals surface area (Å²) in [5.41, 5.74) is -0.123. The van der Waals surface area contributed by atoms with Crippen molar-refractivity contribution in [3.63, 3.8) is 0 Å². The van der Waals surface area contributed by atoms with Crippen molar-refractivity contribution in [3.8, 4) is 0 Å². The average Bonchev–Trinajstić information content (AvgIpc) is 3.25. The monoisotopic (exact) mass is 322 g/mol. The number of nitrogens with zero attached hydrogens (tertiary/aromatic N) is 2. The fraction of sp³-hybridized carbons (Fsp3) is 0.562. The van der Waals surface area contributed by atoms with Crippen LogP contribution in [0, 0.1) is 21.3 Å². The van der Waals surface area contributed by atoms with Crippen LogP contribution in [-0.4, -0.2) is 30.6 Å². The molecule has 1 aromatic rings. The van der Waals surface area contributed by atoms with Gasteiger partial charge in [0, 0.05) is 19.2 Å². The highest BCUT2D eigenvalue weighted by atomic mass is 19.1. The van der Waals surface area contributed by atoms with Crippen LogP contribution in [0.1, 0.15) is 43.0 Å². The number of piperidine rings is 1. The molecule has 3 rings (SSSR count). The zero-order valence-electron chi connectivity index (χ0n) is 13.0. The molecule has 0 radical (unpaired) electrons.